The van der Waals surface area contributed by atoms with E-state index in [-0.39, 0.29) is 6.04 Å². The van der Waals surface area contributed by atoms with Crippen LogP contribution in [-0.2, 0) is 12.8 Å². The summed E-state index contributed by atoms with van der Waals surface area (Å²) in [7, 11) is 0. The SMILES string of the molecule is NC(c1ccc2c(c1)CCC2)C1CCCCCCC1. The molecule has 0 aliphatic heterocycles. The van der Waals surface area contributed by atoms with Crippen molar-refractivity contribution in [2.45, 2.75) is 70.3 Å². The Morgan fingerprint density at radius 2 is 1.53 bits per heavy atom. The van der Waals surface area contributed by atoms with Gasteiger partial charge in [-0.15, -0.1) is 0 Å². The molecule has 1 heteroatoms. The molecule has 0 bridgehead atoms. The highest BCUT2D eigenvalue weighted by Gasteiger charge is 2.21. The van der Waals surface area contributed by atoms with Gasteiger partial charge in [-0.25, -0.2) is 0 Å². The topological polar surface area (TPSA) is 26.0 Å². The molecule has 1 nitrogen and oxygen atoms in total. The fourth-order valence-electron chi connectivity index (χ4n) is 3.92. The van der Waals surface area contributed by atoms with Crippen molar-refractivity contribution in [2.24, 2.45) is 11.7 Å². The molecular formula is C18H27N. The van der Waals surface area contributed by atoms with Crippen molar-refractivity contribution in [1.29, 1.82) is 0 Å². The maximum atomic E-state index is 6.58. The number of rotatable bonds is 2. The van der Waals surface area contributed by atoms with Crippen molar-refractivity contribution in [2.75, 3.05) is 0 Å². The Kier molecular flexibility index (Phi) is 4.22. The van der Waals surface area contributed by atoms with Gasteiger partial charge in [0.25, 0.3) is 0 Å². The Labute approximate surface area is 117 Å². The molecule has 2 N–H and O–H groups in total. The highest BCUT2D eigenvalue weighted by Crippen LogP contribution is 2.33. The van der Waals surface area contributed by atoms with Crippen LogP contribution < -0.4 is 5.73 Å². The molecule has 1 aromatic carbocycles. The maximum absolute atomic E-state index is 6.58. The van der Waals surface area contributed by atoms with E-state index in [4.69, 9.17) is 5.73 Å². The predicted octanol–water partition coefficient (Wildman–Crippen LogP) is 4.54. The van der Waals surface area contributed by atoms with Gasteiger partial charge in [-0.3, -0.25) is 0 Å². The Balaban J connectivity index is 1.72. The Morgan fingerprint density at radius 1 is 0.842 bits per heavy atom. The number of aryl methyl sites for hydroxylation is 2. The molecule has 1 fully saturated rings. The Hall–Kier alpha value is -0.820. The lowest BCUT2D eigenvalue weighted by Crippen LogP contribution is -2.22. The van der Waals surface area contributed by atoms with Crippen molar-refractivity contribution >= 4 is 0 Å². The first kappa shape index (κ1) is 13.2. The van der Waals surface area contributed by atoms with E-state index in [1.807, 2.05) is 0 Å². The first-order valence-corrected chi connectivity index (χ1v) is 8.22. The average Bonchev–Trinajstić information content (AvgIpc) is 2.84. The molecule has 0 saturated heterocycles. The second kappa shape index (κ2) is 6.09. The summed E-state index contributed by atoms with van der Waals surface area (Å²) in [6.45, 7) is 0. The number of benzene rings is 1. The summed E-state index contributed by atoms with van der Waals surface area (Å²) in [5.74, 6) is 0.708. The highest BCUT2D eigenvalue weighted by atomic mass is 14.7. The van der Waals surface area contributed by atoms with Crippen LogP contribution in [0.15, 0.2) is 18.2 Å². The third kappa shape index (κ3) is 3.02. The normalized spacial score (nSPS) is 22.6. The molecule has 19 heavy (non-hydrogen) atoms. The quantitative estimate of drug-likeness (QED) is 0.827. The smallest absolute Gasteiger partial charge is 0.0323 e. The fraction of sp³-hybridized carbons (Fsp3) is 0.667. The van der Waals surface area contributed by atoms with Gasteiger partial charge >= 0.3 is 0 Å². The van der Waals surface area contributed by atoms with Gasteiger partial charge in [-0.1, -0.05) is 50.3 Å². The van der Waals surface area contributed by atoms with Crippen LogP contribution in [0.3, 0.4) is 0 Å². The molecule has 1 atom stereocenters. The lowest BCUT2D eigenvalue weighted by molar-refractivity contribution is 0.327. The first-order chi connectivity index (χ1) is 9.34. The number of hydrogen-bond donors (Lipinski definition) is 1. The van der Waals surface area contributed by atoms with Crippen molar-refractivity contribution in [3.63, 3.8) is 0 Å². The average molecular weight is 257 g/mol. The minimum Gasteiger partial charge on any atom is -0.324 e. The van der Waals surface area contributed by atoms with E-state index >= 15 is 0 Å². The predicted molar refractivity (Wildman–Crippen MR) is 81.2 cm³/mol. The van der Waals surface area contributed by atoms with Crippen LogP contribution in [0.5, 0.6) is 0 Å². The van der Waals surface area contributed by atoms with E-state index < -0.39 is 0 Å². The minimum atomic E-state index is 0.268. The summed E-state index contributed by atoms with van der Waals surface area (Å²) in [6.07, 6.45) is 13.5. The second-order valence-electron chi connectivity index (χ2n) is 6.51. The Bertz CT molecular complexity index is 416. The molecule has 0 aromatic heterocycles. The van der Waals surface area contributed by atoms with Crippen molar-refractivity contribution < 1.29 is 0 Å². The van der Waals surface area contributed by atoms with E-state index in [9.17, 15) is 0 Å². The summed E-state index contributed by atoms with van der Waals surface area (Å²) in [5, 5.41) is 0. The van der Waals surface area contributed by atoms with Crippen LogP contribution >= 0.6 is 0 Å². The van der Waals surface area contributed by atoms with Crippen molar-refractivity contribution in [1.82, 2.24) is 0 Å². The van der Waals surface area contributed by atoms with Crippen LogP contribution in [0, 0.1) is 5.92 Å². The van der Waals surface area contributed by atoms with Crippen LogP contribution in [0.1, 0.15) is 74.1 Å². The fourth-order valence-corrected chi connectivity index (χ4v) is 3.92. The zero-order valence-electron chi connectivity index (χ0n) is 12.0. The lowest BCUT2D eigenvalue weighted by atomic mass is 9.83. The van der Waals surface area contributed by atoms with E-state index in [0.29, 0.717) is 5.92 Å². The first-order valence-electron chi connectivity index (χ1n) is 8.22. The van der Waals surface area contributed by atoms with Crippen LogP contribution in [-0.4, -0.2) is 0 Å². The maximum Gasteiger partial charge on any atom is 0.0323 e. The van der Waals surface area contributed by atoms with Crippen LogP contribution in [0.25, 0.3) is 0 Å². The van der Waals surface area contributed by atoms with Crippen LogP contribution in [0.4, 0.5) is 0 Å². The monoisotopic (exact) mass is 257 g/mol. The van der Waals surface area contributed by atoms with Crippen LogP contribution in [0.2, 0.25) is 0 Å². The summed E-state index contributed by atoms with van der Waals surface area (Å²) >= 11 is 0. The van der Waals surface area contributed by atoms with E-state index in [1.165, 1.54) is 69.8 Å². The van der Waals surface area contributed by atoms with Crippen molar-refractivity contribution in [3.8, 4) is 0 Å². The summed E-state index contributed by atoms with van der Waals surface area (Å²) in [6, 6.07) is 7.31. The molecule has 0 radical (unpaired) electrons. The standard InChI is InChI=1S/C18H27N/c19-18(15-7-4-2-1-3-5-8-15)17-12-11-14-9-6-10-16(14)13-17/h11-13,15,18H,1-10,19H2. The van der Waals surface area contributed by atoms with Gasteiger partial charge in [0.05, 0.1) is 0 Å². The molecule has 1 unspecified atom stereocenters. The Morgan fingerprint density at radius 3 is 2.32 bits per heavy atom. The molecule has 104 valence electrons. The number of hydrogen-bond acceptors (Lipinski definition) is 1. The molecule has 1 aromatic rings. The number of nitrogens with two attached hydrogens (primary N) is 1. The van der Waals surface area contributed by atoms with Gasteiger partial charge in [0, 0.05) is 6.04 Å². The van der Waals surface area contributed by atoms with Gasteiger partial charge in [-0.05, 0) is 54.7 Å². The molecular weight excluding hydrogens is 230 g/mol. The van der Waals surface area contributed by atoms with Gasteiger partial charge in [-0.2, -0.15) is 0 Å². The zero-order chi connectivity index (χ0) is 13.1. The van der Waals surface area contributed by atoms with E-state index in [2.05, 4.69) is 18.2 Å². The second-order valence-corrected chi connectivity index (χ2v) is 6.51. The molecule has 3 rings (SSSR count). The van der Waals surface area contributed by atoms with E-state index in [1.54, 1.807) is 11.1 Å². The minimum absolute atomic E-state index is 0.268. The molecule has 0 spiro atoms. The van der Waals surface area contributed by atoms with Gasteiger partial charge in [0.2, 0.25) is 0 Å². The molecule has 2 aliphatic rings. The molecule has 0 heterocycles. The molecule has 0 amide bonds. The van der Waals surface area contributed by atoms with Gasteiger partial charge in [0.15, 0.2) is 0 Å². The largest absolute Gasteiger partial charge is 0.324 e. The van der Waals surface area contributed by atoms with Gasteiger partial charge in [0.1, 0.15) is 0 Å². The third-order valence-corrected chi connectivity index (χ3v) is 5.17. The third-order valence-electron chi connectivity index (χ3n) is 5.17. The molecule has 2 aliphatic carbocycles. The van der Waals surface area contributed by atoms with Crippen molar-refractivity contribution in [3.05, 3.63) is 34.9 Å². The summed E-state index contributed by atoms with van der Waals surface area (Å²) in [4.78, 5) is 0. The lowest BCUT2D eigenvalue weighted by Gasteiger charge is -2.26. The zero-order valence-corrected chi connectivity index (χ0v) is 12.0. The molecule has 1 saturated carbocycles. The highest BCUT2D eigenvalue weighted by molar-refractivity contribution is 5.36. The summed E-state index contributed by atoms with van der Waals surface area (Å²) < 4.78 is 0. The van der Waals surface area contributed by atoms with E-state index in [0.717, 1.165) is 0 Å². The van der Waals surface area contributed by atoms with Gasteiger partial charge < -0.3 is 5.73 Å². The summed E-state index contributed by atoms with van der Waals surface area (Å²) in [5.41, 5.74) is 11.1. The number of fused-ring (bicyclic) bond motifs is 1.